The number of hydrogen-bond acceptors (Lipinski definition) is 8. The summed E-state index contributed by atoms with van der Waals surface area (Å²) < 4.78 is 2.18. The molecular weight excluding hydrogens is 470 g/mol. The number of aliphatic imine (C=N–C) groups is 1. The lowest BCUT2D eigenvalue weighted by Gasteiger charge is -2.27. The van der Waals surface area contributed by atoms with Crippen LogP contribution in [0.5, 0.6) is 0 Å². The second-order valence-corrected chi connectivity index (χ2v) is 9.49. The van der Waals surface area contributed by atoms with Gasteiger partial charge in [0.05, 0.1) is 6.33 Å². The minimum atomic E-state index is 0.0556. The first-order chi connectivity index (χ1) is 18.1. The molecule has 2 aliphatic rings. The zero-order valence-electron chi connectivity index (χ0n) is 21.0. The van der Waals surface area contributed by atoms with Crippen LogP contribution in [0.2, 0.25) is 0 Å². The van der Waals surface area contributed by atoms with Crippen molar-refractivity contribution in [2.45, 2.75) is 38.1 Å². The van der Waals surface area contributed by atoms with Gasteiger partial charge in [0.1, 0.15) is 0 Å². The third-order valence-corrected chi connectivity index (χ3v) is 6.85. The summed E-state index contributed by atoms with van der Waals surface area (Å²) in [5.41, 5.74) is 13.8. The van der Waals surface area contributed by atoms with Gasteiger partial charge in [-0.2, -0.15) is 9.97 Å². The molecule has 1 aliphatic carbocycles. The van der Waals surface area contributed by atoms with Crippen LogP contribution in [-0.2, 0) is 0 Å². The van der Waals surface area contributed by atoms with Crippen molar-refractivity contribution in [3.05, 3.63) is 36.2 Å². The summed E-state index contributed by atoms with van der Waals surface area (Å²) in [6, 6.07) is 7.91. The number of nitrogens with zero attached hydrogens (tertiary/aromatic N) is 6. The van der Waals surface area contributed by atoms with E-state index in [-0.39, 0.29) is 11.9 Å². The number of piperazine rings is 1. The van der Waals surface area contributed by atoms with Gasteiger partial charge in [-0.15, -0.1) is 0 Å². The van der Waals surface area contributed by atoms with Gasteiger partial charge in [0.2, 0.25) is 5.95 Å². The number of guanidine groups is 1. The average Bonchev–Trinajstić information content (AvgIpc) is 3.59. The molecule has 1 amide bonds. The van der Waals surface area contributed by atoms with Crippen molar-refractivity contribution in [3.63, 3.8) is 0 Å². The van der Waals surface area contributed by atoms with Crippen LogP contribution in [0, 0.1) is 0 Å². The van der Waals surface area contributed by atoms with Gasteiger partial charge in [0, 0.05) is 56.6 Å². The first-order valence-electron chi connectivity index (χ1n) is 13.0. The molecular formula is C25H35N11O. The third kappa shape index (κ3) is 5.91. The maximum Gasteiger partial charge on any atom is 0.253 e. The fraction of sp³-hybridized carbons (Fsp3) is 0.480. The molecule has 3 heterocycles. The van der Waals surface area contributed by atoms with Crippen molar-refractivity contribution < 1.29 is 4.79 Å². The molecule has 2 aromatic heterocycles. The minimum absolute atomic E-state index is 0.0556. The number of nitrogens with one attached hydrogen (secondary N) is 3. The summed E-state index contributed by atoms with van der Waals surface area (Å²) in [4.78, 5) is 32.9. The number of nitrogens with two attached hydrogens (primary N) is 2. The Bertz CT molecular complexity index is 1240. The van der Waals surface area contributed by atoms with Gasteiger partial charge in [-0.1, -0.05) is 12.8 Å². The number of carbonyl (C=O) groups is 1. The van der Waals surface area contributed by atoms with E-state index >= 15 is 0 Å². The molecule has 5 rings (SSSR count). The molecule has 1 saturated heterocycles. The highest BCUT2D eigenvalue weighted by molar-refractivity contribution is 5.95. The van der Waals surface area contributed by atoms with E-state index in [0.717, 1.165) is 62.3 Å². The summed E-state index contributed by atoms with van der Waals surface area (Å²) in [5, 5.41) is 9.97. The van der Waals surface area contributed by atoms with E-state index in [1.54, 1.807) is 0 Å². The van der Waals surface area contributed by atoms with Gasteiger partial charge >= 0.3 is 0 Å². The van der Waals surface area contributed by atoms with E-state index in [2.05, 4.69) is 30.5 Å². The number of rotatable bonds is 9. The first kappa shape index (κ1) is 24.8. The van der Waals surface area contributed by atoms with E-state index in [9.17, 15) is 4.79 Å². The highest BCUT2D eigenvalue weighted by Gasteiger charge is 2.22. The molecule has 0 unspecified atom stereocenters. The largest absolute Gasteiger partial charge is 0.370 e. The monoisotopic (exact) mass is 505 g/mol. The van der Waals surface area contributed by atoms with Crippen molar-refractivity contribution in [2.75, 3.05) is 49.9 Å². The minimum Gasteiger partial charge on any atom is -0.370 e. The number of amides is 1. The normalized spacial score (nSPS) is 16.2. The summed E-state index contributed by atoms with van der Waals surface area (Å²) in [7, 11) is 0. The van der Waals surface area contributed by atoms with Crippen LogP contribution < -0.4 is 27.4 Å². The lowest BCUT2D eigenvalue weighted by Crippen LogP contribution is -2.46. The Morgan fingerprint density at radius 1 is 1.11 bits per heavy atom. The Hall–Kier alpha value is -3.93. The van der Waals surface area contributed by atoms with Crippen LogP contribution in [-0.4, -0.2) is 75.6 Å². The van der Waals surface area contributed by atoms with E-state index in [0.29, 0.717) is 36.5 Å². The molecule has 1 aromatic carbocycles. The number of imidazole rings is 1. The van der Waals surface area contributed by atoms with Gasteiger partial charge < -0.3 is 36.9 Å². The smallest absolute Gasteiger partial charge is 0.253 e. The van der Waals surface area contributed by atoms with Crippen LogP contribution in [0.15, 0.2) is 35.6 Å². The molecule has 7 N–H and O–H groups in total. The standard InChI is InChI=1S/C25H35N11O/c26-24(27)29-10-3-11-30-25-33-21(20-22(34-25)36(16-31-20)19-4-1-2-5-19)32-18-8-6-17(7-9-18)23(37)35-14-12-28-13-15-35/h6-9,16,19,28H,1-5,10-15H2,(H4,26,27,29)(H2,30,32,33,34). The van der Waals surface area contributed by atoms with E-state index < -0.39 is 0 Å². The fourth-order valence-electron chi connectivity index (χ4n) is 4.90. The summed E-state index contributed by atoms with van der Waals surface area (Å²) in [5.74, 6) is 1.28. The molecule has 37 heavy (non-hydrogen) atoms. The molecule has 1 saturated carbocycles. The number of benzene rings is 1. The maximum atomic E-state index is 12.8. The predicted octanol–water partition coefficient (Wildman–Crippen LogP) is 1.81. The molecule has 2 fully saturated rings. The Balaban J connectivity index is 1.36. The quantitative estimate of drug-likeness (QED) is 0.166. The summed E-state index contributed by atoms with van der Waals surface area (Å²) >= 11 is 0. The van der Waals surface area contributed by atoms with Crippen LogP contribution in [0.25, 0.3) is 11.2 Å². The second-order valence-electron chi connectivity index (χ2n) is 9.49. The number of fused-ring (bicyclic) bond motifs is 1. The van der Waals surface area contributed by atoms with Crippen molar-refractivity contribution in [3.8, 4) is 0 Å². The molecule has 0 bridgehead atoms. The second kappa shape index (κ2) is 11.4. The Labute approximate surface area is 215 Å². The average molecular weight is 506 g/mol. The number of aromatic nitrogens is 4. The molecule has 12 heteroatoms. The van der Waals surface area contributed by atoms with E-state index in [1.165, 1.54) is 12.8 Å². The number of hydrogen-bond donors (Lipinski definition) is 5. The first-order valence-corrected chi connectivity index (χ1v) is 13.0. The number of anilines is 3. The van der Waals surface area contributed by atoms with Gasteiger partial charge in [-0.3, -0.25) is 9.79 Å². The highest BCUT2D eigenvalue weighted by atomic mass is 16.2. The van der Waals surface area contributed by atoms with Crippen LogP contribution >= 0.6 is 0 Å². The molecule has 196 valence electrons. The highest BCUT2D eigenvalue weighted by Crippen LogP contribution is 2.33. The molecule has 0 atom stereocenters. The third-order valence-electron chi connectivity index (χ3n) is 6.85. The zero-order chi connectivity index (χ0) is 25.6. The van der Waals surface area contributed by atoms with Gasteiger partial charge in [-0.25, -0.2) is 4.98 Å². The van der Waals surface area contributed by atoms with Crippen molar-refractivity contribution in [1.82, 2.24) is 29.7 Å². The lowest BCUT2D eigenvalue weighted by molar-refractivity contribution is 0.0736. The summed E-state index contributed by atoms with van der Waals surface area (Å²) in [6.45, 7) is 4.26. The zero-order valence-corrected chi connectivity index (χ0v) is 21.0. The SMILES string of the molecule is NC(N)=NCCCNc1nc(Nc2ccc(C(=O)N3CCNCC3)cc2)c2ncn(C3CCCC3)c2n1. The fourth-order valence-corrected chi connectivity index (χ4v) is 4.90. The topological polar surface area (TPSA) is 164 Å². The van der Waals surface area contributed by atoms with Gasteiger partial charge in [0.15, 0.2) is 22.9 Å². The molecule has 12 nitrogen and oxygen atoms in total. The maximum absolute atomic E-state index is 12.8. The Kier molecular flexibility index (Phi) is 7.64. The van der Waals surface area contributed by atoms with Gasteiger partial charge in [-0.05, 0) is 43.5 Å². The molecule has 0 spiro atoms. The van der Waals surface area contributed by atoms with Crippen LogP contribution in [0.4, 0.5) is 17.5 Å². The Morgan fingerprint density at radius 2 is 1.86 bits per heavy atom. The van der Waals surface area contributed by atoms with E-state index in [1.807, 2.05) is 35.5 Å². The van der Waals surface area contributed by atoms with Gasteiger partial charge in [0.25, 0.3) is 5.91 Å². The molecule has 3 aromatic rings. The molecule has 0 radical (unpaired) electrons. The van der Waals surface area contributed by atoms with Crippen molar-refractivity contribution in [2.24, 2.45) is 16.5 Å². The van der Waals surface area contributed by atoms with Crippen LogP contribution in [0.3, 0.4) is 0 Å². The lowest BCUT2D eigenvalue weighted by atomic mass is 10.1. The van der Waals surface area contributed by atoms with Crippen molar-refractivity contribution in [1.29, 1.82) is 0 Å². The Morgan fingerprint density at radius 3 is 2.59 bits per heavy atom. The van der Waals surface area contributed by atoms with Crippen LogP contribution in [0.1, 0.15) is 48.5 Å². The predicted molar refractivity (Wildman–Crippen MR) is 145 cm³/mol. The number of carbonyl (C=O) groups excluding carboxylic acids is 1. The molecule has 1 aliphatic heterocycles. The summed E-state index contributed by atoms with van der Waals surface area (Å²) in [6.07, 6.45) is 7.31. The van der Waals surface area contributed by atoms with Crippen molar-refractivity contribution >= 4 is 40.5 Å². The van der Waals surface area contributed by atoms with E-state index in [4.69, 9.17) is 21.4 Å².